The molecule has 1 unspecified atom stereocenters. The summed E-state index contributed by atoms with van der Waals surface area (Å²) in [7, 11) is 0.719. The smallest absolute Gasteiger partial charge is 0.185 e. The lowest BCUT2D eigenvalue weighted by atomic mass is 10.1. The van der Waals surface area contributed by atoms with Crippen LogP contribution in [0.15, 0.2) is 18.2 Å². The Morgan fingerprint density at radius 1 is 1.45 bits per heavy atom. The molecule has 2 rings (SSSR count). The van der Waals surface area contributed by atoms with Crippen molar-refractivity contribution < 1.29 is 8.95 Å². The number of hydrogen-bond donors (Lipinski definition) is 1. The second-order valence-corrected chi connectivity index (χ2v) is 5.98. The lowest BCUT2D eigenvalue weighted by molar-refractivity contribution is 0.416. The second kappa shape index (κ2) is 6.47. The Morgan fingerprint density at radius 3 is 2.95 bits per heavy atom. The van der Waals surface area contributed by atoms with Gasteiger partial charge in [-0.25, -0.2) is 4.68 Å². The van der Waals surface area contributed by atoms with Gasteiger partial charge in [-0.15, -0.1) is 5.10 Å². The third kappa shape index (κ3) is 3.13. The van der Waals surface area contributed by atoms with E-state index in [9.17, 15) is 4.21 Å². The second-order valence-electron chi connectivity index (χ2n) is 4.12. The first-order valence-corrected chi connectivity index (χ1v) is 7.69. The highest BCUT2D eigenvalue weighted by atomic mass is 32.2. The topological polar surface area (TPSA) is 95.9 Å². The van der Waals surface area contributed by atoms with Crippen molar-refractivity contribution in [2.75, 3.05) is 24.3 Å². The molecule has 0 aliphatic rings. The fraction of sp³-hybridized carbons (Fsp3) is 0.417. The molecule has 0 aliphatic carbocycles. The SMILES string of the molecule is CCS(=O)CCn1nnnc1-c1cc(N)ccc1OC. The molecule has 1 heterocycles. The Balaban J connectivity index is 2.32. The highest BCUT2D eigenvalue weighted by molar-refractivity contribution is 7.84. The molecule has 0 saturated carbocycles. The number of anilines is 1. The maximum absolute atomic E-state index is 11.5. The predicted octanol–water partition coefficient (Wildman–Crippen LogP) is 0.699. The Hall–Kier alpha value is -1.96. The third-order valence-corrected chi connectivity index (χ3v) is 4.13. The van der Waals surface area contributed by atoms with Crippen molar-refractivity contribution in [2.45, 2.75) is 13.5 Å². The molecule has 20 heavy (non-hydrogen) atoms. The number of aromatic nitrogens is 4. The molecule has 0 aliphatic heterocycles. The third-order valence-electron chi connectivity index (χ3n) is 2.85. The van der Waals surface area contributed by atoms with Crippen molar-refractivity contribution in [3.63, 3.8) is 0 Å². The number of benzene rings is 1. The van der Waals surface area contributed by atoms with Crippen LogP contribution in [0.5, 0.6) is 5.75 Å². The molecule has 0 saturated heterocycles. The van der Waals surface area contributed by atoms with Crippen molar-refractivity contribution in [3.8, 4) is 17.1 Å². The van der Waals surface area contributed by atoms with E-state index in [-0.39, 0.29) is 0 Å². The van der Waals surface area contributed by atoms with Gasteiger partial charge in [0.2, 0.25) is 0 Å². The van der Waals surface area contributed by atoms with Crippen molar-refractivity contribution in [3.05, 3.63) is 18.2 Å². The molecule has 0 spiro atoms. The van der Waals surface area contributed by atoms with Gasteiger partial charge in [0.25, 0.3) is 0 Å². The number of methoxy groups -OCH3 is 1. The average Bonchev–Trinajstić information content (AvgIpc) is 2.92. The zero-order valence-electron chi connectivity index (χ0n) is 11.4. The summed E-state index contributed by atoms with van der Waals surface area (Å²) < 4.78 is 18.4. The van der Waals surface area contributed by atoms with E-state index in [0.29, 0.717) is 35.3 Å². The predicted molar refractivity (Wildman–Crippen MR) is 77.8 cm³/mol. The molecular weight excluding hydrogens is 278 g/mol. The Morgan fingerprint density at radius 2 is 2.25 bits per heavy atom. The Labute approximate surface area is 119 Å². The molecule has 0 radical (unpaired) electrons. The molecule has 0 bridgehead atoms. The van der Waals surface area contributed by atoms with Crippen molar-refractivity contribution in [1.29, 1.82) is 0 Å². The average molecular weight is 295 g/mol. The molecular formula is C12H17N5O2S. The van der Waals surface area contributed by atoms with Crippen LogP contribution < -0.4 is 10.5 Å². The summed E-state index contributed by atoms with van der Waals surface area (Å²) >= 11 is 0. The molecule has 2 N–H and O–H groups in total. The lowest BCUT2D eigenvalue weighted by Gasteiger charge is -2.09. The highest BCUT2D eigenvalue weighted by Gasteiger charge is 2.14. The molecule has 2 aromatic rings. The first-order valence-electron chi connectivity index (χ1n) is 6.20. The Bertz CT molecular complexity index is 614. The normalized spacial score (nSPS) is 12.3. The number of nitrogen functional groups attached to an aromatic ring is 1. The summed E-state index contributed by atoms with van der Waals surface area (Å²) in [6.07, 6.45) is 0. The number of rotatable bonds is 6. The summed E-state index contributed by atoms with van der Waals surface area (Å²) in [4.78, 5) is 0. The summed E-state index contributed by atoms with van der Waals surface area (Å²) in [5, 5.41) is 11.6. The molecule has 108 valence electrons. The van der Waals surface area contributed by atoms with E-state index in [0.717, 1.165) is 5.56 Å². The van der Waals surface area contributed by atoms with E-state index in [1.807, 2.05) is 6.92 Å². The molecule has 1 aromatic carbocycles. The number of nitrogens with two attached hydrogens (primary N) is 1. The van der Waals surface area contributed by atoms with Gasteiger partial charge in [0, 0.05) is 28.0 Å². The van der Waals surface area contributed by atoms with Crippen molar-refractivity contribution in [2.24, 2.45) is 0 Å². The minimum atomic E-state index is -0.860. The van der Waals surface area contributed by atoms with E-state index in [1.54, 1.807) is 30.0 Å². The van der Waals surface area contributed by atoms with Crippen LogP contribution in [0.4, 0.5) is 5.69 Å². The van der Waals surface area contributed by atoms with Crippen molar-refractivity contribution in [1.82, 2.24) is 20.2 Å². The van der Waals surface area contributed by atoms with Crippen LogP contribution >= 0.6 is 0 Å². The first kappa shape index (κ1) is 14.4. The van der Waals surface area contributed by atoms with Gasteiger partial charge in [-0.1, -0.05) is 6.92 Å². The van der Waals surface area contributed by atoms with Gasteiger partial charge in [-0.2, -0.15) is 0 Å². The molecule has 8 heteroatoms. The van der Waals surface area contributed by atoms with Crippen LogP contribution in [0.3, 0.4) is 0 Å². The number of hydrogen-bond acceptors (Lipinski definition) is 6. The van der Waals surface area contributed by atoms with Crippen LogP contribution in [-0.4, -0.2) is 43.0 Å². The van der Waals surface area contributed by atoms with Gasteiger partial charge in [-0.3, -0.25) is 4.21 Å². The lowest BCUT2D eigenvalue weighted by Crippen LogP contribution is -2.11. The number of aryl methyl sites for hydroxylation is 1. The van der Waals surface area contributed by atoms with Crippen molar-refractivity contribution >= 4 is 16.5 Å². The fourth-order valence-electron chi connectivity index (χ4n) is 1.78. The van der Waals surface area contributed by atoms with E-state index in [2.05, 4.69) is 15.5 Å². The fourth-order valence-corrected chi connectivity index (χ4v) is 2.45. The summed E-state index contributed by atoms with van der Waals surface area (Å²) in [6.45, 7) is 2.37. The van der Waals surface area contributed by atoms with Gasteiger partial charge >= 0.3 is 0 Å². The van der Waals surface area contributed by atoms with Crippen LogP contribution in [0.2, 0.25) is 0 Å². The molecule has 0 amide bonds. The largest absolute Gasteiger partial charge is 0.496 e. The number of ether oxygens (including phenoxy) is 1. The van der Waals surface area contributed by atoms with Gasteiger partial charge in [0.1, 0.15) is 5.75 Å². The van der Waals surface area contributed by atoms with Crippen LogP contribution in [0.25, 0.3) is 11.4 Å². The standard InChI is InChI=1S/C12H17N5O2S/c1-3-20(18)7-6-17-12(14-15-16-17)10-8-9(13)4-5-11(10)19-2/h4-5,8H,3,6-7,13H2,1-2H3. The van der Waals surface area contributed by atoms with Gasteiger partial charge in [-0.05, 0) is 28.6 Å². The minimum absolute atomic E-state index is 0.487. The molecule has 1 aromatic heterocycles. The van der Waals surface area contributed by atoms with Gasteiger partial charge < -0.3 is 10.5 Å². The molecule has 0 fully saturated rings. The zero-order valence-corrected chi connectivity index (χ0v) is 12.3. The summed E-state index contributed by atoms with van der Waals surface area (Å²) in [5.74, 6) is 2.34. The monoisotopic (exact) mass is 295 g/mol. The Kier molecular flexibility index (Phi) is 4.67. The van der Waals surface area contributed by atoms with Crippen LogP contribution in [0.1, 0.15) is 6.92 Å². The maximum atomic E-state index is 11.5. The van der Waals surface area contributed by atoms with E-state index in [4.69, 9.17) is 10.5 Å². The first-order chi connectivity index (χ1) is 9.65. The van der Waals surface area contributed by atoms with Gasteiger partial charge in [0.15, 0.2) is 5.82 Å². The van der Waals surface area contributed by atoms with Crippen LogP contribution in [0, 0.1) is 0 Å². The van der Waals surface area contributed by atoms with E-state index >= 15 is 0 Å². The molecule has 7 nitrogen and oxygen atoms in total. The van der Waals surface area contributed by atoms with E-state index in [1.165, 1.54) is 0 Å². The quantitative estimate of drug-likeness (QED) is 0.788. The summed E-state index contributed by atoms with van der Waals surface area (Å²) in [5.41, 5.74) is 7.13. The van der Waals surface area contributed by atoms with E-state index < -0.39 is 10.8 Å². The molecule has 1 atom stereocenters. The maximum Gasteiger partial charge on any atom is 0.185 e. The highest BCUT2D eigenvalue weighted by Crippen LogP contribution is 2.29. The number of tetrazole rings is 1. The van der Waals surface area contributed by atoms with Crippen LogP contribution in [-0.2, 0) is 17.3 Å². The number of nitrogens with zero attached hydrogens (tertiary/aromatic N) is 4. The minimum Gasteiger partial charge on any atom is -0.496 e. The summed E-state index contributed by atoms with van der Waals surface area (Å²) in [6, 6.07) is 5.29. The zero-order chi connectivity index (χ0) is 14.5. The van der Waals surface area contributed by atoms with Gasteiger partial charge in [0.05, 0.1) is 19.2 Å².